The van der Waals surface area contributed by atoms with Gasteiger partial charge in [0.25, 0.3) is 0 Å². The van der Waals surface area contributed by atoms with Crippen LogP contribution in [0.25, 0.3) is 0 Å². The SMILES string of the molecule is CCNC(=NCc1ncc(C)c(OC)c1C)NCCCOc1ccccc1.I. The highest BCUT2D eigenvalue weighted by Gasteiger charge is 2.09. The van der Waals surface area contributed by atoms with E-state index in [9.17, 15) is 0 Å². The molecule has 0 radical (unpaired) electrons. The summed E-state index contributed by atoms with van der Waals surface area (Å²) in [5.74, 6) is 2.55. The molecule has 6 nitrogen and oxygen atoms in total. The van der Waals surface area contributed by atoms with E-state index in [0.29, 0.717) is 13.2 Å². The fourth-order valence-corrected chi connectivity index (χ4v) is 2.71. The number of aryl methyl sites for hydroxylation is 1. The maximum atomic E-state index is 5.71. The smallest absolute Gasteiger partial charge is 0.191 e. The lowest BCUT2D eigenvalue weighted by atomic mass is 10.1. The number of methoxy groups -OCH3 is 1. The third-order valence-corrected chi connectivity index (χ3v) is 4.11. The predicted octanol–water partition coefficient (Wildman–Crippen LogP) is 3.85. The Morgan fingerprint density at radius 3 is 2.57 bits per heavy atom. The van der Waals surface area contributed by atoms with Crippen LogP contribution in [0.15, 0.2) is 41.5 Å². The lowest BCUT2D eigenvalue weighted by Gasteiger charge is -2.13. The number of aliphatic imine (C=N–C) groups is 1. The largest absolute Gasteiger partial charge is 0.496 e. The molecule has 0 unspecified atom stereocenters. The summed E-state index contributed by atoms with van der Waals surface area (Å²) in [4.78, 5) is 9.14. The second-order valence-corrected chi connectivity index (χ2v) is 6.18. The van der Waals surface area contributed by atoms with Gasteiger partial charge in [0.05, 0.1) is 26.0 Å². The zero-order chi connectivity index (χ0) is 19.5. The summed E-state index contributed by atoms with van der Waals surface area (Å²) >= 11 is 0. The highest BCUT2D eigenvalue weighted by molar-refractivity contribution is 14.0. The van der Waals surface area contributed by atoms with Gasteiger partial charge in [-0.1, -0.05) is 18.2 Å². The van der Waals surface area contributed by atoms with E-state index in [-0.39, 0.29) is 24.0 Å². The van der Waals surface area contributed by atoms with Crippen molar-refractivity contribution in [3.05, 3.63) is 53.3 Å². The van der Waals surface area contributed by atoms with E-state index in [1.807, 2.05) is 57.3 Å². The first-order chi connectivity index (χ1) is 13.2. The number of halogens is 1. The number of benzene rings is 1. The van der Waals surface area contributed by atoms with E-state index in [2.05, 4.69) is 20.6 Å². The van der Waals surface area contributed by atoms with Crippen LogP contribution in [0.3, 0.4) is 0 Å². The van der Waals surface area contributed by atoms with Crippen LogP contribution in [-0.2, 0) is 6.54 Å². The Kier molecular flexibility index (Phi) is 11.3. The quantitative estimate of drug-likeness (QED) is 0.238. The van der Waals surface area contributed by atoms with Gasteiger partial charge in [-0.25, -0.2) is 4.99 Å². The molecule has 0 saturated heterocycles. The number of hydrogen-bond acceptors (Lipinski definition) is 4. The van der Waals surface area contributed by atoms with E-state index < -0.39 is 0 Å². The molecule has 2 aromatic rings. The van der Waals surface area contributed by atoms with E-state index in [1.165, 1.54) is 0 Å². The maximum Gasteiger partial charge on any atom is 0.191 e. The molecule has 28 heavy (non-hydrogen) atoms. The molecule has 0 atom stereocenters. The standard InChI is InChI=1S/C21H30N4O2.HI/c1-5-22-21(23-12-9-13-27-18-10-7-6-8-11-18)25-15-19-17(3)20(26-4)16(2)14-24-19;/h6-8,10-11,14H,5,9,12-13,15H2,1-4H3,(H2,22,23,25);1H. The Morgan fingerprint density at radius 1 is 1.14 bits per heavy atom. The summed E-state index contributed by atoms with van der Waals surface area (Å²) in [5.41, 5.74) is 2.99. The number of aromatic nitrogens is 1. The van der Waals surface area contributed by atoms with Gasteiger partial charge < -0.3 is 20.1 Å². The van der Waals surface area contributed by atoms with E-state index in [1.54, 1.807) is 7.11 Å². The summed E-state index contributed by atoms with van der Waals surface area (Å²) in [6, 6.07) is 9.85. The molecule has 1 aromatic heterocycles. The van der Waals surface area contributed by atoms with E-state index in [4.69, 9.17) is 9.47 Å². The minimum absolute atomic E-state index is 0. The minimum atomic E-state index is 0. The maximum absolute atomic E-state index is 5.71. The number of pyridine rings is 1. The molecule has 7 heteroatoms. The van der Waals surface area contributed by atoms with Gasteiger partial charge in [0, 0.05) is 30.4 Å². The van der Waals surface area contributed by atoms with Crippen molar-refractivity contribution in [2.45, 2.75) is 33.7 Å². The van der Waals surface area contributed by atoms with Crippen LogP contribution in [0.5, 0.6) is 11.5 Å². The lowest BCUT2D eigenvalue weighted by Crippen LogP contribution is -2.38. The second-order valence-electron chi connectivity index (χ2n) is 6.18. The highest BCUT2D eigenvalue weighted by Crippen LogP contribution is 2.24. The van der Waals surface area contributed by atoms with Crippen LogP contribution < -0.4 is 20.1 Å². The summed E-state index contributed by atoms with van der Waals surface area (Å²) in [6.07, 6.45) is 2.72. The molecular weight excluding hydrogens is 467 g/mol. The molecular formula is C21H31IN4O2. The van der Waals surface area contributed by atoms with Gasteiger partial charge in [-0.2, -0.15) is 0 Å². The van der Waals surface area contributed by atoms with Crippen molar-refractivity contribution in [1.82, 2.24) is 15.6 Å². The van der Waals surface area contributed by atoms with Crippen molar-refractivity contribution in [1.29, 1.82) is 0 Å². The van der Waals surface area contributed by atoms with Gasteiger partial charge in [-0.15, -0.1) is 24.0 Å². The summed E-state index contributed by atoms with van der Waals surface area (Å²) in [6.45, 7) is 8.80. The molecule has 1 aromatic carbocycles. The third kappa shape index (κ3) is 7.53. The normalized spacial score (nSPS) is 10.8. The van der Waals surface area contributed by atoms with Gasteiger partial charge in [0.1, 0.15) is 11.5 Å². The Morgan fingerprint density at radius 2 is 1.89 bits per heavy atom. The Labute approximate surface area is 185 Å². The van der Waals surface area contributed by atoms with Gasteiger partial charge in [0.15, 0.2) is 5.96 Å². The van der Waals surface area contributed by atoms with Crippen molar-refractivity contribution in [2.75, 3.05) is 26.8 Å². The monoisotopic (exact) mass is 498 g/mol. The van der Waals surface area contributed by atoms with Gasteiger partial charge in [-0.05, 0) is 39.3 Å². The molecule has 0 fully saturated rings. The molecule has 0 saturated carbocycles. The second kappa shape index (κ2) is 13.2. The molecule has 0 spiro atoms. The number of nitrogens with one attached hydrogen (secondary N) is 2. The Balaban J connectivity index is 0.00000392. The number of nitrogens with zero attached hydrogens (tertiary/aromatic N) is 2. The van der Waals surface area contributed by atoms with Crippen molar-refractivity contribution in [2.24, 2.45) is 4.99 Å². The first kappa shape index (κ1) is 24.0. The molecule has 0 bridgehead atoms. The molecule has 0 aliphatic rings. The van der Waals surface area contributed by atoms with Gasteiger partial charge in [-0.3, -0.25) is 4.98 Å². The highest BCUT2D eigenvalue weighted by atomic mass is 127. The molecule has 154 valence electrons. The van der Waals surface area contributed by atoms with E-state index in [0.717, 1.165) is 53.8 Å². The first-order valence-electron chi connectivity index (χ1n) is 9.34. The molecule has 2 rings (SSSR count). The molecule has 0 aliphatic carbocycles. The Bertz CT molecular complexity index is 739. The number of para-hydroxylation sites is 1. The van der Waals surface area contributed by atoms with Gasteiger partial charge >= 0.3 is 0 Å². The van der Waals surface area contributed by atoms with Crippen LogP contribution in [-0.4, -0.2) is 37.7 Å². The molecule has 0 amide bonds. The fraction of sp³-hybridized carbons (Fsp3) is 0.429. The predicted molar refractivity (Wildman–Crippen MR) is 125 cm³/mol. The summed E-state index contributed by atoms with van der Waals surface area (Å²) < 4.78 is 11.2. The van der Waals surface area contributed by atoms with Gasteiger partial charge in [0.2, 0.25) is 0 Å². The fourth-order valence-electron chi connectivity index (χ4n) is 2.71. The number of hydrogen-bond donors (Lipinski definition) is 2. The molecule has 1 heterocycles. The van der Waals surface area contributed by atoms with Crippen molar-refractivity contribution in [3.8, 4) is 11.5 Å². The zero-order valence-corrected chi connectivity index (χ0v) is 19.4. The average molecular weight is 498 g/mol. The first-order valence-corrected chi connectivity index (χ1v) is 9.34. The third-order valence-electron chi connectivity index (χ3n) is 4.11. The summed E-state index contributed by atoms with van der Waals surface area (Å²) in [7, 11) is 1.69. The zero-order valence-electron chi connectivity index (χ0n) is 17.1. The average Bonchev–Trinajstić information content (AvgIpc) is 2.68. The van der Waals surface area contributed by atoms with Crippen molar-refractivity contribution >= 4 is 29.9 Å². The number of guanidine groups is 1. The van der Waals surface area contributed by atoms with Crippen molar-refractivity contribution < 1.29 is 9.47 Å². The topological polar surface area (TPSA) is 67.8 Å². The lowest BCUT2D eigenvalue weighted by molar-refractivity contribution is 0.311. The number of rotatable bonds is 9. The van der Waals surface area contributed by atoms with Crippen LogP contribution in [0.1, 0.15) is 30.2 Å². The molecule has 0 aliphatic heterocycles. The van der Waals surface area contributed by atoms with E-state index >= 15 is 0 Å². The Hall–Kier alpha value is -2.03. The van der Waals surface area contributed by atoms with Crippen molar-refractivity contribution in [3.63, 3.8) is 0 Å². The van der Waals surface area contributed by atoms with Crippen LogP contribution in [0, 0.1) is 13.8 Å². The number of ether oxygens (including phenoxy) is 2. The summed E-state index contributed by atoms with van der Waals surface area (Å²) in [5, 5.41) is 6.60. The molecule has 2 N–H and O–H groups in total. The van der Waals surface area contributed by atoms with Crippen LogP contribution in [0.2, 0.25) is 0 Å². The minimum Gasteiger partial charge on any atom is -0.496 e. The van der Waals surface area contributed by atoms with Crippen LogP contribution >= 0.6 is 24.0 Å². The van der Waals surface area contributed by atoms with Crippen LogP contribution in [0.4, 0.5) is 0 Å².